The summed E-state index contributed by atoms with van der Waals surface area (Å²) in [6.45, 7) is 2.25. The van der Waals surface area contributed by atoms with Crippen molar-refractivity contribution in [2.24, 2.45) is 0 Å². The molecule has 0 heterocycles. The van der Waals surface area contributed by atoms with Crippen molar-refractivity contribution in [3.8, 4) is 0 Å². The summed E-state index contributed by atoms with van der Waals surface area (Å²) in [5, 5.41) is 0.774. The number of rotatable bonds is 5. The molecule has 0 rings (SSSR count). The maximum absolute atomic E-state index is 12.1. The summed E-state index contributed by atoms with van der Waals surface area (Å²) in [6.07, 6.45) is -6.12. The molecule has 0 aliphatic rings. The lowest BCUT2D eigenvalue weighted by Gasteiger charge is -2.19. The summed E-state index contributed by atoms with van der Waals surface area (Å²) in [6, 6.07) is 0. The fourth-order valence-electron chi connectivity index (χ4n) is 0.650. The monoisotopic (exact) mass is 227 g/mol. The smallest absolute Gasteiger partial charge is 0.355 e. The second kappa shape index (κ2) is 5.72. The van der Waals surface area contributed by atoms with Gasteiger partial charge in [0.25, 0.3) is 5.91 Å². The van der Waals surface area contributed by atoms with Crippen molar-refractivity contribution >= 4 is 5.91 Å². The molecule has 15 heavy (non-hydrogen) atoms. The van der Waals surface area contributed by atoms with Crippen LogP contribution in [0.2, 0.25) is 0 Å². The highest BCUT2D eigenvalue weighted by atomic mass is 19.4. The number of halogens is 3. The van der Waals surface area contributed by atoms with E-state index in [1.807, 2.05) is 0 Å². The lowest BCUT2D eigenvalue weighted by molar-refractivity contribution is -0.211. The van der Waals surface area contributed by atoms with Gasteiger partial charge in [-0.2, -0.15) is 13.2 Å². The highest BCUT2D eigenvalue weighted by Gasteiger charge is 2.38. The number of alkyl halides is 3. The molecule has 0 aromatic carbocycles. The van der Waals surface area contributed by atoms with Gasteiger partial charge in [0.05, 0.1) is 7.11 Å². The second-order valence-corrected chi connectivity index (χ2v) is 2.58. The summed E-state index contributed by atoms with van der Waals surface area (Å²) in [5.41, 5.74) is 0. The predicted octanol–water partition coefficient (Wildman–Crippen LogP) is 1.14. The first-order valence-electron chi connectivity index (χ1n) is 3.94. The SMILES string of the molecule is C=C[C@@H](OCC(=O)N(C)OC)C(F)(F)F. The molecule has 0 aliphatic heterocycles. The quantitative estimate of drug-likeness (QED) is 0.522. The van der Waals surface area contributed by atoms with E-state index in [1.54, 1.807) is 0 Å². The number of hydrogen-bond acceptors (Lipinski definition) is 3. The molecular formula is C8H12F3NO3. The Balaban J connectivity index is 4.13. The third-order valence-corrected chi connectivity index (χ3v) is 1.55. The zero-order chi connectivity index (χ0) is 12.1. The van der Waals surface area contributed by atoms with E-state index in [4.69, 9.17) is 0 Å². The van der Waals surface area contributed by atoms with E-state index in [-0.39, 0.29) is 0 Å². The van der Waals surface area contributed by atoms with E-state index in [1.165, 1.54) is 14.2 Å². The fourth-order valence-corrected chi connectivity index (χ4v) is 0.650. The third kappa shape index (κ3) is 4.80. The van der Waals surface area contributed by atoms with Crippen molar-refractivity contribution in [3.05, 3.63) is 12.7 Å². The van der Waals surface area contributed by atoms with Crippen molar-refractivity contribution in [3.63, 3.8) is 0 Å². The Hall–Kier alpha value is -1.08. The molecule has 88 valence electrons. The molecule has 0 aromatic heterocycles. The number of likely N-dealkylation sites (N-methyl/N-ethyl adjacent to an activating group) is 1. The van der Waals surface area contributed by atoms with Crippen molar-refractivity contribution in [2.75, 3.05) is 20.8 Å². The minimum atomic E-state index is -4.56. The molecule has 0 saturated heterocycles. The minimum absolute atomic E-state index is 0.583. The Morgan fingerprint density at radius 1 is 1.60 bits per heavy atom. The molecule has 4 nitrogen and oxygen atoms in total. The molecule has 0 N–H and O–H groups in total. The molecule has 1 amide bonds. The van der Waals surface area contributed by atoms with Crippen LogP contribution in [0.4, 0.5) is 13.2 Å². The van der Waals surface area contributed by atoms with E-state index in [2.05, 4.69) is 16.2 Å². The van der Waals surface area contributed by atoms with Crippen LogP contribution in [0, 0.1) is 0 Å². The summed E-state index contributed by atoms with van der Waals surface area (Å²) in [5.74, 6) is -0.714. The maximum atomic E-state index is 12.1. The molecule has 0 spiro atoms. The average molecular weight is 227 g/mol. The van der Waals surface area contributed by atoms with Gasteiger partial charge in [-0.3, -0.25) is 9.63 Å². The first-order valence-corrected chi connectivity index (χ1v) is 3.94. The van der Waals surface area contributed by atoms with Crippen molar-refractivity contribution in [1.29, 1.82) is 0 Å². The second-order valence-electron chi connectivity index (χ2n) is 2.58. The van der Waals surface area contributed by atoms with E-state index < -0.39 is 24.8 Å². The largest absolute Gasteiger partial charge is 0.418 e. The highest BCUT2D eigenvalue weighted by molar-refractivity contribution is 5.76. The Kier molecular flexibility index (Phi) is 5.31. The summed E-state index contributed by atoms with van der Waals surface area (Å²) in [4.78, 5) is 15.5. The van der Waals surface area contributed by atoms with Gasteiger partial charge in [-0.1, -0.05) is 6.08 Å². The predicted molar refractivity (Wildman–Crippen MR) is 45.8 cm³/mol. The van der Waals surface area contributed by atoms with Crippen LogP contribution < -0.4 is 0 Å². The first kappa shape index (κ1) is 13.9. The molecule has 0 saturated carbocycles. The van der Waals surface area contributed by atoms with Crippen LogP contribution in [0.25, 0.3) is 0 Å². The Morgan fingerprint density at radius 3 is 2.47 bits per heavy atom. The summed E-state index contributed by atoms with van der Waals surface area (Å²) in [7, 11) is 2.48. The van der Waals surface area contributed by atoms with E-state index >= 15 is 0 Å². The number of hydrogen-bond donors (Lipinski definition) is 0. The summed E-state index contributed by atoms with van der Waals surface area (Å²) < 4.78 is 40.6. The average Bonchev–Trinajstić information content (AvgIpc) is 2.15. The fraction of sp³-hybridized carbons (Fsp3) is 0.625. The summed E-state index contributed by atoms with van der Waals surface area (Å²) >= 11 is 0. The van der Waals surface area contributed by atoms with Crippen molar-refractivity contribution < 1.29 is 27.5 Å². The van der Waals surface area contributed by atoms with Gasteiger partial charge < -0.3 is 4.74 Å². The molecule has 1 atom stereocenters. The minimum Gasteiger partial charge on any atom is -0.355 e. The normalized spacial score (nSPS) is 13.4. The first-order chi connectivity index (χ1) is 6.82. The third-order valence-electron chi connectivity index (χ3n) is 1.55. The zero-order valence-electron chi connectivity index (χ0n) is 8.37. The number of ether oxygens (including phenoxy) is 1. The van der Waals surface area contributed by atoms with Crippen LogP contribution in [0.15, 0.2) is 12.7 Å². The molecule has 0 unspecified atom stereocenters. The maximum Gasteiger partial charge on any atom is 0.418 e. The molecule has 0 aromatic rings. The number of carbonyl (C=O) groups is 1. The Morgan fingerprint density at radius 2 is 2.13 bits per heavy atom. The molecule has 0 aliphatic carbocycles. The van der Waals surface area contributed by atoms with Gasteiger partial charge in [0.15, 0.2) is 6.10 Å². The van der Waals surface area contributed by atoms with Crippen molar-refractivity contribution in [2.45, 2.75) is 12.3 Å². The van der Waals surface area contributed by atoms with E-state index in [0.717, 1.165) is 5.06 Å². The Labute approximate surface area is 85.2 Å². The number of amides is 1. The van der Waals surface area contributed by atoms with Gasteiger partial charge in [0.1, 0.15) is 6.61 Å². The molecule has 7 heteroatoms. The van der Waals surface area contributed by atoms with Crippen LogP contribution in [-0.2, 0) is 14.4 Å². The number of hydroxylamine groups is 2. The van der Waals surface area contributed by atoms with Gasteiger partial charge in [-0.05, 0) is 0 Å². The number of nitrogens with zero attached hydrogens (tertiary/aromatic N) is 1. The number of carbonyl (C=O) groups excluding carboxylic acids is 1. The van der Waals surface area contributed by atoms with Gasteiger partial charge in [-0.15, -0.1) is 6.58 Å². The standard InChI is InChI=1S/C8H12F3NO3/c1-4-6(8(9,10)11)15-5-7(13)12(2)14-3/h4,6H,1,5H2,2-3H3/t6-/m1/s1. The van der Waals surface area contributed by atoms with Gasteiger partial charge >= 0.3 is 6.18 Å². The van der Waals surface area contributed by atoms with Crippen molar-refractivity contribution in [1.82, 2.24) is 5.06 Å². The Bertz CT molecular complexity index is 230. The topological polar surface area (TPSA) is 38.8 Å². The van der Waals surface area contributed by atoms with Gasteiger partial charge in [0, 0.05) is 7.05 Å². The van der Waals surface area contributed by atoms with Crippen LogP contribution in [0.1, 0.15) is 0 Å². The molecule has 0 fully saturated rings. The van der Waals surface area contributed by atoms with E-state index in [9.17, 15) is 18.0 Å². The lowest BCUT2D eigenvalue weighted by atomic mass is 10.3. The van der Waals surface area contributed by atoms with Crippen LogP contribution in [-0.4, -0.2) is 44.0 Å². The van der Waals surface area contributed by atoms with Crippen LogP contribution >= 0.6 is 0 Å². The molecule has 0 bridgehead atoms. The molecular weight excluding hydrogens is 215 g/mol. The van der Waals surface area contributed by atoms with E-state index in [0.29, 0.717) is 6.08 Å². The van der Waals surface area contributed by atoms with Gasteiger partial charge in [-0.25, -0.2) is 5.06 Å². The van der Waals surface area contributed by atoms with Crippen LogP contribution in [0.5, 0.6) is 0 Å². The van der Waals surface area contributed by atoms with Crippen LogP contribution in [0.3, 0.4) is 0 Å². The highest BCUT2D eigenvalue weighted by Crippen LogP contribution is 2.23. The zero-order valence-corrected chi connectivity index (χ0v) is 8.37. The van der Waals surface area contributed by atoms with Gasteiger partial charge in [0.2, 0.25) is 0 Å². The molecule has 0 radical (unpaired) electrons. The lowest BCUT2D eigenvalue weighted by Crippen LogP contribution is -2.35.